The Hall–Kier alpha value is -1.72. The summed E-state index contributed by atoms with van der Waals surface area (Å²) < 4.78 is 1.04. The lowest BCUT2D eigenvalue weighted by Crippen LogP contribution is -1.89. The Morgan fingerprint density at radius 3 is 2.52 bits per heavy atom. The van der Waals surface area contributed by atoms with Crippen molar-refractivity contribution >= 4 is 33.5 Å². The molecule has 5 heteroatoms. The number of hydrogen-bond acceptors (Lipinski definition) is 3. The van der Waals surface area contributed by atoms with E-state index >= 15 is 0 Å². The van der Waals surface area contributed by atoms with Crippen molar-refractivity contribution in [2.24, 2.45) is 0 Å². The van der Waals surface area contributed by atoms with Gasteiger partial charge in [0.05, 0.1) is 11.3 Å². The first-order chi connectivity index (χ1) is 10.2. The van der Waals surface area contributed by atoms with Crippen molar-refractivity contribution in [3.8, 4) is 22.4 Å². The molecule has 0 fully saturated rings. The molecule has 0 bridgehead atoms. The molecule has 0 aliphatic carbocycles. The fourth-order valence-corrected chi connectivity index (χ4v) is 3.18. The maximum Gasteiger partial charge on any atom is 0.153 e. The zero-order valence-electron chi connectivity index (χ0n) is 11.4. The SMILES string of the molecule is CSc1ccccc1-c1[nH]nc(N)c1-c1ccc(Br)cc1. The first kappa shape index (κ1) is 14.2. The van der Waals surface area contributed by atoms with Crippen LogP contribution in [0.1, 0.15) is 0 Å². The van der Waals surface area contributed by atoms with E-state index in [1.165, 1.54) is 4.90 Å². The van der Waals surface area contributed by atoms with Gasteiger partial charge in [-0.1, -0.05) is 46.3 Å². The summed E-state index contributed by atoms with van der Waals surface area (Å²) >= 11 is 5.17. The van der Waals surface area contributed by atoms with Crippen LogP contribution in [0.15, 0.2) is 57.9 Å². The van der Waals surface area contributed by atoms with E-state index in [0.717, 1.165) is 26.9 Å². The van der Waals surface area contributed by atoms with Crippen LogP contribution in [0.25, 0.3) is 22.4 Å². The zero-order valence-corrected chi connectivity index (χ0v) is 13.8. The van der Waals surface area contributed by atoms with Crippen molar-refractivity contribution in [2.45, 2.75) is 4.90 Å². The van der Waals surface area contributed by atoms with E-state index in [9.17, 15) is 0 Å². The summed E-state index contributed by atoms with van der Waals surface area (Å²) in [5, 5.41) is 7.28. The van der Waals surface area contributed by atoms with Gasteiger partial charge in [0.25, 0.3) is 0 Å². The predicted molar refractivity (Wildman–Crippen MR) is 93.4 cm³/mol. The number of nitrogens with one attached hydrogen (secondary N) is 1. The summed E-state index contributed by atoms with van der Waals surface area (Å²) in [4.78, 5) is 1.19. The molecule has 0 spiro atoms. The molecule has 0 radical (unpaired) electrons. The maximum absolute atomic E-state index is 6.08. The fourth-order valence-electron chi connectivity index (χ4n) is 2.31. The number of anilines is 1. The van der Waals surface area contributed by atoms with Crippen LogP contribution >= 0.6 is 27.7 Å². The van der Waals surface area contributed by atoms with Crippen LogP contribution in [-0.4, -0.2) is 16.5 Å². The summed E-state index contributed by atoms with van der Waals surface area (Å²) in [5.41, 5.74) is 10.2. The average molecular weight is 360 g/mol. The fraction of sp³-hybridized carbons (Fsp3) is 0.0625. The molecule has 3 aromatic rings. The number of nitrogen functional groups attached to an aromatic ring is 1. The van der Waals surface area contributed by atoms with Crippen LogP contribution in [0.5, 0.6) is 0 Å². The summed E-state index contributed by atoms with van der Waals surface area (Å²) in [6, 6.07) is 16.3. The number of aromatic amines is 1. The minimum Gasteiger partial charge on any atom is -0.382 e. The maximum atomic E-state index is 6.08. The number of thioether (sulfide) groups is 1. The van der Waals surface area contributed by atoms with Gasteiger partial charge in [0, 0.05) is 14.9 Å². The van der Waals surface area contributed by atoms with E-state index in [1.807, 2.05) is 36.4 Å². The Bertz CT molecular complexity index is 765. The Morgan fingerprint density at radius 1 is 1.10 bits per heavy atom. The van der Waals surface area contributed by atoms with E-state index in [-0.39, 0.29) is 0 Å². The number of aromatic nitrogens is 2. The molecule has 0 saturated heterocycles. The smallest absolute Gasteiger partial charge is 0.153 e. The van der Waals surface area contributed by atoms with E-state index < -0.39 is 0 Å². The van der Waals surface area contributed by atoms with Gasteiger partial charge in [-0.3, -0.25) is 5.10 Å². The van der Waals surface area contributed by atoms with Crippen molar-refractivity contribution in [3.63, 3.8) is 0 Å². The van der Waals surface area contributed by atoms with E-state index in [4.69, 9.17) is 5.73 Å². The molecule has 1 heterocycles. The third-order valence-corrected chi connectivity index (χ3v) is 4.63. The van der Waals surface area contributed by atoms with Crippen LogP contribution in [0.3, 0.4) is 0 Å². The molecular formula is C16H14BrN3S. The highest BCUT2D eigenvalue weighted by Gasteiger charge is 2.16. The van der Waals surface area contributed by atoms with Crippen LogP contribution in [-0.2, 0) is 0 Å². The monoisotopic (exact) mass is 359 g/mol. The summed E-state index contributed by atoms with van der Waals surface area (Å²) in [5.74, 6) is 0.517. The third-order valence-electron chi connectivity index (χ3n) is 3.30. The Balaban J connectivity index is 2.19. The van der Waals surface area contributed by atoms with Gasteiger partial charge < -0.3 is 5.73 Å². The summed E-state index contributed by atoms with van der Waals surface area (Å²) in [6.07, 6.45) is 2.07. The molecule has 0 unspecified atom stereocenters. The number of H-pyrrole nitrogens is 1. The number of benzene rings is 2. The molecule has 3 nitrogen and oxygen atoms in total. The second-order valence-electron chi connectivity index (χ2n) is 4.57. The molecule has 0 saturated carbocycles. The van der Waals surface area contributed by atoms with E-state index in [2.05, 4.69) is 44.5 Å². The highest BCUT2D eigenvalue weighted by atomic mass is 79.9. The second kappa shape index (κ2) is 5.95. The van der Waals surface area contributed by atoms with Gasteiger partial charge in [0.15, 0.2) is 5.82 Å². The minimum atomic E-state index is 0.517. The van der Waals surface area contributed by atoms with Crippen LogP contribution in [0.4, 0.5) is 5.82 Å². The van der Waals surface area contributed by atoms with Gasteiger partial charge in [-0.05, 0) is 30.0 Å². The Kier molecular flexibility index (Phi) is 4.03. The number of rotatable bonds is 3. The second-order valence-corrected chi connectivity index (χ2v) is 6.33. The van der Waals surface area contributed by atoms with E-state index in [1.54, 1.807) is 11.8 Å². The first-order valence-electron chi connectivity index (χ1n) is 6.44. The lowest BCUT2D eigenvalue weighted by molar-refractivity contribution is 1.10. The molecule has 0 aliphatic heterocycles. The molecule has 21 heavy (non-hydrogen) atoms. The molecular weight excluding hydrogens is 346 g/mol. The van der Waals surface area contributed by atoms with Gasteiger partial charge in [0.1, 0.15) is 0 Å². The molecule has 3 rings (SSSR count). The summed E-state index contributed by atoms with van der Waals surface area (Å²) in [7, 11) is 0. The number of nitrogens with two attached hydrogens (primary N) is 1. The van der Waals surface area contributed by atoms with Crippen LogP contribution in [0, 0.1) is 0 Å². The molecule has 0 atom stereocenters. The van der Waals surface area contributed by atoms with Gasteiger partial charge in [-0.25, -0.2) is 0 Å². The number of halogens is 1. The topological polar surface area (TPSA) is 54.7 Å². The lowest BCUT2D eigenvalue weighted by Gasteiger charge is -2.08. The van der Waals surface area contributed by atoms with Gasteiger partial charge in [0.2, 0.25) is 0 Å². The molecule has 0 amide bonds. The summed E-state index contributed by atoms with van der Waals surface area (Å²) in [6.45, 7) is 0. The van der Waals surface area contributed by atoms with Crippen molar-refractivity contribution in [1.29, 1.82) is 0 Å². The molecule has 0 aliphatic rings. The quantitative estimate of drug-likeness (QED) is 0.659. The zero-order chi connectivity index (χ0) is 14.8. The van der Waals surface area contributed by atoms with Crippen molar-refractivity contribution in [2.75, 3.05) is 12.0 Å². The standard InChI is InChI=1S/C16H14BrN3S/c1-21-13-5-3-2-4-12(13)15-14(16(18)20-19-15)10-6-8-11(17)9-7-10/h2-9H,1H3,(H3,18,19,20). The van der Waals surface area contributed by atoms with E-state index in [0.29, 0.717) is 5.82 Å². The average Bonchev–Trinajstić information content (AvgIpc) is 2.90. The number of hydrogen-bond donors (Lipinski definition) is 2. The molecule has 1 aromatic heterocycles. The van der Waals surface area contributed by atoms with Crippen molar-refractivity contribution in [3.05, 3.63) is 53.0 Å². The first-order valence-corrected chi connectivity index (χ1v) is 8.45. The molecule has 2 aromatic carbocycles. The van der Waals surface area contributed by atoms with Crippen LogP contribution < -0.4 is 5.73 Å². The van der Waals surface area contributed by atoms with Gasteiger partial charge in [-0.15, -0.1) is 11.8 Å². The molecule has 106 valence electrons. The lowest BCUT2D eigenvalue weighted by atomic mass is 10.0. The predicted octanol–water partition coefficient (Wildman–Crippen LogP) is 4.81. The van der Waals surface area contributed by atoms with Gasteiger partial charge in [-0.2, -0.15) is 5.10 Å². The highest BCUT2D eigenvalue weighted by Crippen LogP contribution is 2.38. The normalized spacial score (nSPS) is 10.8. The van der Waals surface area contributed by atoms with Crippen molar-refractivity contribution in [1.82, 2.24) is 10.2 Å². The van der Waals surface area contributed by atoms with Crippen molar-refractivity contribution < 1.29 is 0 Å². The van der Waals surface area contributed by atoms with Gasteiger partial charge >= 0.3 is 0 Å². The Morgan fingerprint density at radius 2 is 1.81 bits per heavy atom. The third kappa shape index (κ3) is 2.71. The number of nitrogens with zero attached hydrogens (tertiary/aromatic N) is 1. The minimum absolute atomic E-state index is 0.517. The highest BCUT2D eigenvalue weighted by molar-refractivity contribution is 9.10. The van der Waals surface area contributed by atoms with Crippen LogP contribution in [0.2, 0.25) is 0 Å². The Labute approximate surface area is 136 Å². The largest absolute Gasteiger partial charge is 0.382 e. The molecule has 3 N–H and O–H groups in total.